The highest BCUT2D eigenvalue weighted by Gasteiger charge is 2.27. The Labute approximate surface area is 152 Å². The number of pyridine rings is 1. The molecule has 1 fully saturated rings. The lowest BCUT2D eigenvalue weighted by atomic mass is 9.85. The van der Waals surface area contributed by atoms with Crippen LogP contribution in [-0.2, 0) is 10.0 Å². The molecular weight excluding hydrogens is 336 g/mol. The third-order valence-corrected chi connectivity index (χ3v) is 6.95. The zero-order valence-electron chi connectivity index (χ0n) is 16.1. The molecule has 1 N–H and O–H groups in total. The van der Waals surface area contributed by atoms with Crippen LogP contribution in [0.1, 0.15) is 27.7 Å². The monoisotopic (exact) mass is 368 g/mol. The first kappa shape index (κ1) is 20.1. The minimum Gasteiger partial charge on any atom is -0.370 e. The largest absolute Gasteiger partial charge is 0.370 e. The summed E-state index contributed by atoms with van der Waals surface area (Å²) < 4.78 is 26.9. The number of sulfonamides is 1. The molecule has 0 aliphatic carbocycles. The number of anilines is 1. The maximum absolute atomic E-state index is 12.7. The van der Waals surface area contributed by atoms with Gasteiger partial charge in [0.25, 0.3) is 0 Å². The number of hydrogen-bond acceptors (Lipinski definition) is 5. The maximum atomic E-state index is 12.7. The molecule has 1 aromatic heterocycles. The van der Waals surface area contributed by atoms with Crippen LogP contribution in [0, 0.1) is 17.8 Å². The number of rotatable bonds is 7. The first-order valence-electron chi connectivity index (χ1n) is 9.10. The summed E-state index contributed by atoms with van der Waals surface area (Å²) in [6.45, 7) is 12.3. The third-order valence-electron chi connectivity index (χ3n) is 5.07. The van der Waals surface area contributed by atoms with Gasteiger partial charge >= 0.3 is 0 Å². The van der Waals surface area contributed by atoms with Gasteiger partial charge in [-0.3, -0.25) is 0 Å². The quantitative estimate of drug-likeness (QED) is 0.800. The van der Waals surface area contributed by atoms with Gasteiger partial charge in [0.05, 0.1) is 0 Å². The van der Waals surface area contributed by atoms with Gasteiger partial charge in [0.2, 0.25) is 10.0 Å². The van der Waals surface area contributed by atoms with Crippen molar-refractivity contribution in [3.63, 3.8) is 0 Å². The molecule has 1 aromatic rings. The molecule has 2 heterocycles. The molecule has 6 nitrogen and oxygen atoms in total. The van der Waals surface area contributed by atoms with Crippen LogP contribution in [0.15, 0.2) is 23.2 Å². The Bertz CT molecular complexity index is 628. The van der Waals surface area contributed by atoms with E-state index in [4.69, 9.17) is 0 Å². The van der Waals surface area contributed by atoms with Crippen molar-refractivity contribution in [2.45, 2.75) is 32.6 Å². The van der Waals surface area contributed by atoms with Crippen molar-refractivity contribution in [1.82, 2.24) is 14.2 Å². The van der Waals surface area contributed by atoms with Crippen molar-refractivity contribution < 1.29 is 8.42 Å². The molecule has 0 unspecified atom stereocenters. The van der Waals surface area contributed by atoms with Gasteiger partial charge in [0.15, 0.2) is 0 Å². The molecule has 7 heteroatoms. The van der Waals surface area contributed by atoms with Gasteiger partial charge in [-0.25, -0.2) is 13.4 Å². The van der Waals surface area contributed by atoms with Crippen LogP contribution in [0.5, 0.6) is 0 Å². The van der Waals surface area contributed by atoms with Gasteiger partial charge in [0, 0.05) is 38.9 Å². The van der Waals surface area contributed by atoms with Crippen LogP contribution in [-0.4, -0.2) is 62.4 Å². The van der Waals surface area contributed by atoms with Gasteiger partial charge in [-0.05, 0) is 36.9 Å². The Morgan fingerprint density at radius 3 is 2.16 bits per heavy atom. The van der Waals surface area contributed by atoms with Crippen LogP contribution in [0.4, 0.5) is 5.82 Å². The molecule has 1 saturated heterocycles. The molecule has 0 amide bonds. The van der Waals surface area contributed by atoms with E-state index in [0.29, 0.717) is 30.8 Å². The van der Waals surface area contributed by atoms with E-state index in [1.54, 1.807) is 16.4 Å². The predicted molar refractivity (Wildman–Crippen MR) is 102 cm³/mol. The minimum absolute atomic E-state index is 0.270. The Morgan fingerprint density at radius 2 is 1.68 bits per heavy atom. The first-order valence-corrected chi connectivity index (χ1v) is 10.5. The van der Waals surface area contributed by atoms with E-state index in [1.165, 1.54) is 6.20 Å². The fourth-order valence-corrected chi connectivity index (χ4v) is 4.65. The Balaban J connectivity index is 2.01. The van der Waals surface area contributed by atoms with E-state index in [-0.39, 0.29) is 4.90 Å². The summed E-state index contributed by atoms with van der Waals surface area (Å²) in [4.78, 5) is 6.72. The summed E-state index contributed by atoms with van der Waals surface area (Å²) >= 11 is 0. The van der Waals surface area contributed by atoms with E-state index in [1.807, 2.05) is 7.05 Å². The second-order valence-corrected chi connectivity index (χ2v) is 9.56. The number of piperazine rings is 1. The van der Waals surface area contributed by atoms with Crippen molar-refractivity contribution in [2.24, 2.45) is 17.8 Å². The van der Waals surface area contributed by atoms with E-state index >= 15 is 0 Å². The fourth-order valence-electron chi connectivity index (χ4n) is 3.28. The fraction of sp³-hybridized carbons (Fsp3) is 0.722. The SMILES string of the molecule is CC(C)C(CNc1ccc(S(=O)(=O)N2CCN(C)CC2)cn1)C(C)C. The van der Waals surface area contributed by atoms with Crippen molar-refractivity contribution in [3.05, 3.63) is 18.3 Å². The molecule has 2 rings (SSSR count). The zero-order chi connectivity index (χ0) is 18.6. The van der Waals surface area contributed by atoms with Gasteiger partial charge < -0.3 is 10.2 Å². The van der Waals surface area contributed by atoms with Crippen LogP contribution in [0.3, 0.4) is 0 Å². The Kier molecular flexibility index (Phi) is 6.82. The van der Waals surface area contributed by atoms with Crippen LogP contribution in [0.25, 0.3) is 0 Å². The summed E-state index contributed by atoms with van der Waals surface area (Å²) in [7, 11) is -1.44. The van der Waals surface area contributed by atoms with Gasteiger partial charge in [-0.15, -0.1) is 0 Å². The lowest BCUT2D eigenvalue weighted by molar-refractivity contribution is 0.222. The number of aromatic nitrogens is 1. The summed E-state index contributed by atoms with van der Waals surface area (Å²) in [6, 6.07) is 3.42. The highest BCUT2D eigenvalue weighted by atomic mass is 32.2. The van der Waals surface area contributed by atoms with E-state index in [0.717, 1.165) is 25.5 Å². The molecule has 0 radical (unpaired) electrons. The van der Waals surface area contributed by atoms with E-state index in [9.17, 15) is 8.42 Å². The second kappa shape index (κ2) is 8.47. The smallest absolute Gasteiger partial charge is 0.244 e. The highest BCUT2D eigenvalue weighted by Crippen LogP contribution is 2.22. The second-order valence-electron chi connectivity index (χ2n) is 7.62. The van der Waals surface area contributed by atoms with Crippen LogP contribution >= 0.6 is 0 Å². The molecule has 1 aliphatic heterocycles. The van der Waals surface area contributed by atoms with Gasteiger partial charge in [0.1, 0.15) is 10.7 Å². The Morgan fingerprint density at radius 1 is 1.08 bits per heavy atom. The average Bonchev–Trinajstić information content (AvgIpc) is 2.55. The molecule has 0 spiro atoms. The normalized spacial score (nSPS) is 17.6. The molecule has 1 aliphatic rings. The van der Waals surface area contributed by atoms with Gasteiger partial charge in [-0.1, -0.05) is 27.7 Å². The average molecular weight is 369 g/mol. The highest BCUT2D eigenvalue weighted by molar-refractivity contribution is 7.89. The lowest BCUT2D eigenvalue weighted by Crippen LogP contribution is -2.47. The summed E-state index contributed by atoms with van der Waals surface area (Å²) in [5, 5.41) is 3.35. The topological polar surface area (TPSA) is 65.5 Å². The molecule has 0 saturated carbocycles. The zero-order valence-corrected chi connectivity index (χ0v) is 16.9. The molecular formula is C18H32N4O2S. The predicted octanol–water partition coefficient (Wildman–Crippen LogP) is 2.36. The first-order chi connectivity index (χ1) is 11.7. The van der Waals surface area contributed by atoms with Crippen molar-refractivity contribution in [2.75, 3.05) is 45.1 Å². The van der Waals surface area contributed by atoms with E-state index in [2.05, 4.69) is 42.9 Å². The summed E-state index contributed by atoms with van der Waals surface area (Å²) in [5.41, 5.74) is 0. The summed E-state index contributed by atoms with van der Waals surface area (Å²) in [5.74, 6) is 2.45. The van der Waals surface area contributed by atoms with Crippen LogP contribution < -0.4 is 5.32 Å². The molecule has 0 atom stereocenters. The number of hydrogen-bond donors (Lipinski definition) is 1. The number of likely N-dealkylation sites (N-methyl/N-ethyl adjacent to an activating group) is 1. The number of nitrogens with zero attached hydrogens (tertiary/aromatic N) is 3. The molecule has 0 aromatic carbocycles. The third kappa shape index (κ3) is 5.15. The van der Waals surface area contributed by atoms with E-state index < -0.39 is 10.0 Å². The van der Waals surface area contributed by atoms with Gasteiger partial charge in [-0.2, -0.15) is 4.31 Å². The summed E-state index contributed by atoms with van der Waals surface area (Å²) in [6.07, 6.45) is 1.47. The standard InChI is InChI=1S/C18H32N4O2S/c1-14(2)17(15(3)4)13-20-18-7-6-16(12-19-18)25(23,24)22-10-8-21(5)9-11-22/h6-7,12,14-15,17H,8-11,13H2,1-5H3,(H,19,20). The van der Waals surface area contributed by atoms with Crippen molar-refractivity contribution >= 4 is 15.8 Å². The molecule has 25 heavy (non-hydrogen) atoms. The molecule has 0 bridgehead atoms. The number of nitrogens with one attached hydrogen (secondary N) is 1. The van der Waals surface area contributed by atoms with Crippen molar-refractivity contribution in [3.8, 4) is 0 Å². The molecule has 142 valence electrons. The maximum Gasteiger partial charge on any atom is 0.244 e. The van der Waals surface area contributed by atoms with Crippen LogP contribution in [0.2, 0.25) is 0 Å². The van der Waals surface area contributed by atoms with Crippen molar-refractivity contribution in [1.29, 1.82) is 0 Å². The lowest BCUT2D eigenvalue weighted by Gasteiger charge is -2.31. The Hall–Kier alpha value is -1.18. The minimum atomic E-state index is -3.44.